The highest BCUT2D eigenvalue weighted by atomic mass is 16.7. The highest BCUT2D eigenvalue weighted by Crippen LogP contribution is 2.31. The van der Waals surface area contributed by atoms with Gasteiger partial charge in [-0.2, -0.15) is 0 Å². The summed E-state index contributed by atoms with van der Waals surface area (Å²) in [6.07, 6.45) is 7.04. The highest BCUT2D eigenvalue weighted by molar-refractivity contribution is 5.26. The average molecular weight is 290 g/mol. The molecule has 0 unspecified atom stereocenters. The molecule has 1 aliphatic heterocycles. The molecule has 118 valence electrons. The molecule has 1 heterocycles. The van der Waals surface area contributed by atoms with Crippen molar-refractivity contribution in [2.24, 2.45) is 0 Å². The smallest absolute Gasteiger partial charge is 0.165 e. The molecule has 1 fully saturated rings. The molecule has 1 aromatic rings. The minimum atomic E-state index is -0.367. The van der Waals surface area contributed by atoms with Crippen LogP contribution in [0.3, 0.4) is 0 Å². The fourth-order valence-corrected chi connectivity index (χ4v) is 2.92. The van der Waals surface area contributed by atoms with E-state index in [1.54, 1.807) is 0 Å². The largest absolute Gasteiger partial charge is 0.350 e. The second-order valence-corrected chi connectivity index (χ2v) is 6.40. The van der Waals surface area contributed by atoms with Crippen molar-refractivity contribution in [3.63, 3.8) is 0 Å². The van der Waals surface area contributed by atoms with Gasteiger partial charge in [0.15, 0.2) is 5.79 Å². The molecule has 1 aliphatic rings. The summed E-state index contributed by atoms with van der Waals surface area (Å²) in [5, 5.41) is 0. The molecule has 0 aromatic heterocycles. The fraction of sp³-hybridized carbons (Fsp3) is 0.684. The summed E-state index contributed by atoms with van der Waals surface area (Å²) in [7, 11) is 0. The summed E-state index contributed by atoms with van der Waals surface area (Å²) in [5.74, 6) is 0.00769. The van der Waals surface area contributed by atoms with Gasteiger partial charge in [-0.3, -0.25) is 0 Å². The fourth-order valence-electron chi connectivity index (χ4n) is 2.92. The van der Waals surface area contributed by atoms with Crippen LogP contribution in [0.15, 0.2) is 24.3 Å². The van der Waals surface area contributed by atoms with Crippen LogP contribution in [0.4, 0.5) is 0 Å². The molecule has 0 bridgehead atoms. The van der Waals surface area contributed by atoms with E-state index in [2.05, 4.69) is 45.0 Å². The molecule has 2 heteroatoms. The quantitative estimate of drug-likeness (QED) is 0.653. The van der Waals surface area contributed by atoms with Gasteiger partial charge in [0.25, 0.3) is 0 Å². The van der Waals surface area contributed by atoms with Crippen LogP contribution in [0.25, 0.3) is 0 Å². The number of rotatable bonds is 7. The highest BCUT2D eigenvalue weighted by Gasteiger charge is 2.32. The van der Waals surface area contributed by atoms with Crippen molar-refractivity contribution in [2.75, 3.05) is 13.2 Å². The van der Waals surface area contributed by atoms with E-state index in [0.29, 0.717) is 5.92 Å². The van der Waals surface area contributed by atoms with Crippen molar-refractivity contribution in [1.82, 2.24) is 0 Å². The van der Waals surface area contributed by atoms with Crippen molar-refractivity contribution in [3.05, 3.63) is 35.4 Å². The predicted octanol–water partition coefficient (Wildman–Crippen LogP) is 5.07. The molecule has 1 saturated heterocycles. The van der Waals surface area contributed by atoms with Gasteiger partial charge in [0.05, 0.1) is 13.2 Å². The summed E-state index contributed by atoms with van der Waals surface area (Å²) in [6, 6.07) is 8.96. The second-order valence-electron chi connectivity index (χ2n) is 6.40. The lowest BCUT2D eigenvalue weighted by Crippen LogP contribution is -2.40. The molecule has 2 rings (SSSR count). The van der Waals surface area contributed by atoms with E-state index in [1.807, 2.05) is 0 Å². The number of aryl methyl sites for hydroxylation is 1. The van der Waals surface area contributed by atoms with Crippen LogP contribution in [-0.4, -0.2) is 19.0 Å². The van der Waals surface area contributed by atoms with E-state index in [1.165, 1.54) is 36.8 Å². The van der Waals surface area contributed by atoms with Gasteiger partial charge in [0.1, 0.15) is 0 Å². The lowest BCUT2D eigenvalue weighted by molar-refractivity contribution is -0.266. The van der Waals surface area contributed by atoms with Crippen molar-refractivity contribution in [3.8, 4) is 0 Å². The normalized spacial score (nSPS) is 26.0. The van der Waals surface area contributed by atoms with E-state index < -0.39 is 0 Å². The first-order valence-electron chi connectivity index (χ1n) is 8.53. The molecule has 2 nitrogen and oxygen atoms in total. The van der Waals surface area contributed by atoms with Crippen LogP contribution in [0.2, 0.25) is 0 Å². The summed E-state index contributed by atoms with van der Waals surface area (Å²) in [4.78, 5) is 0. The van der Waals surface area contributed by atoms with Crippen molar-refractivity contribution < 1.29 is 9.47 Å². The average Bonchev–Trinajstić information content (AvgIpc) is 2.50. The molecule has 21 heavy (non-hydrogen) atoms. The van der Waals surface area contributed by atoms with Crippen molar-refractivity contribution in [2.45, 2.75) is 71.0 Å². The Hall–Kier alpha value is -0.860. The lowest BCUT2D eigenvalue weighted by atomic mass is 9.97. The first-order valence-corrected chi connectivity index (χ1v) is 8.53. The number of benzene rings is 1. The van der Waals surface area contributed by atoms with Gasteiger partial charge < -0.3 is 9.47 Å². The van der Waals surface area contributed by atoms with Crippen molar-refractivity contribution in [1.29, 1.82) is 0 Å². The number of hydrogen-bond donors (Lipinski definition) is 0. The van der Waals surface area contributed by atoms with E-state index in [0.717, 1.165) is 26.1 Å². The minimum absolute atomic E-state index is 0.367. The maximum atomic E-state index is 6.03. The van der Waals surface area contributed by atoms with Gasteiger partial charge >= 0.3 is 0 Å². The predicted molar refractivity (Wildman–Crippen MR) is 87.6 cm³/mol. The van der Waals surface area contributed by atoms with Gasteiger partial charge in [-0.15, -0.1) is 0 Å². The van der Waals surface area contributed by atoms with E-state index in [9.17, 15) is 0 Å². The van der Waals surface area contributed by atoms with Crippen LogP contribution in [0.1, 0.15) is 69.9 Å². The first-order chi connectivity index (χ1) is 10.2. The third-order valence-corrected chi connectivity index (χ3v) is 4.40. The second kappa shape index (κ2) is 7.95. The molecule has 0 atom stereocenters. The van der Waals surface area contributed by atoms with Gasteiger partial charge in [-0.25, -0.2) is 0 Å². The van der Waals surface area contributed by atoms with E-state index in [-0.39, 0.29) is 5.79 Å². The topological polar surface area (TPSA) is 18.5 Å². The number of unbranched alkanes of at least 4 members (excludes halogenated alkanes) is 2. The Balaban J connectivity index is 1.85. The molecule has 0 radical (unpaired) electrons. The molecule has 0 saturated carbocycles. The van der Waals surface area contributed by atoms with Crippen molar-refractivity contribution >= 4 is 0 Å². The molecule has 1 aromatic carbocycles. The Morgan fingerprint density at radius 3 is 2.24 bits per heavy atom. The molecule has 0 aliphatic carbocycles. The minimum Gasteiger partial charge on any atom is -0.350 e. The van der Waals surface area contributed by atoms with E-state index >= 15 is 0 Å². The Bertz CT molecular complexity index is 402. The maximum Gasteiger partial charge on any atom is 0.165 e. The zero-order valence-electron chi connectivity index (χ0n) is 13.9. The molecular formula is C19H30O2. The number of hydrogen-bond acceptors (Lipinski definition) is 2. The standard InChI is InChI=1S/C19H30O2/c1-4-6-7-13-19(3)20-14-18(15-21-19)17-11-9-16(8-5-2)10-12-17/h9-12,18H,4-8,13-15H2,1-3H3/t18-,19-. The van der Waals surface area contributed by atoms with Gasteiger partial charge in [0, 0.05) is 12.3 Å². The Morgan fingerprint density at radius 2 is 1.67 bits per heavy atom. The first kappa shape index (κ1) is 16.5. The molecule has 0 spiro atoms. The SMILES string of the molecule is CCCCC[C@]1(C)OC[C@@H](c2ccc(CCC)cc2)CO1. The van der Waals surface area contributed by atoms with Crippen LogP contribution in [0, 0.1) is 0 Å². The summed E-state index contributed by atoms with van der Waals surface area (Å²) in [5.41, 5.74) is 2.76. The zero-order chi connectivity index (χ0) is 15.1. The third kappa shape index (κ3) is 4.82. The van der Waals surface area contributed by atoms with Gasteiger partial charge in [-0.1, -0.05) is 57.4 Å². The maximum absolute atomic E-state index is 6.03. The molecule has 0 amide bonds. The van der Waals surface area contributed by atoms with Crippen LogP contribution >= 0.6 is 0 Å². The Labute approximate surface area is 129 Å². The van der Waals surface area contributed by atoms with E-state index in [4.69, 9.17) is 9.47 Å². The summed E-state index contributed by atoms with van der Waals surface area (Å²) < 4.78 is 12.1. The molecular weight excluding hydrogens is 260 g/mol. The van der Waals surface area contributed by atoms with Gasteiger partial charge in [0.2, 0.25) is 0 Å². The monoisotopic (exact) mass is 290 g/mol. The molecule has 0 N–H and O–H groups in total. The third-order valence-electron chi connectivity index (χ3n) is 4.40. The zero-order valence-corrected chi connectivity index (χ0v) is 13.9. The summed E-state index contributed by atoms with van der Waals surface area (Å²) >= 11 is 0. The lowest BCUT2D eigenvalue weighted by Gasteiger charge is -2.38. The van der Waals surface area contributed by atoms with Crippen LogP contribution in [-0.2, 0) is 15.9 Å². The Morgan fingerprint density at radius 1 is 1.00 bits per heavy atom. The van der Waals surface area contributed by atoms with Crippen LogP contribution in [0.5, 0.6) is 0 Å². The number of ether oxygens (including phenoxy) is 2. The van der Waals surface area contributed by atoms with Crippen LogP contribution < -0.4 is 0 Å². The summed E-state index contributed by atoms with van der Waals surface area (Å²) in [6.45, 7) is 8.08. The Kier molecular flexibility index (Phi) is 6.25. The van der Waals surface area contributed by atoms with Gasteiger partial charge in [-0.05, 0) is 30.9 Å².